The van der Waals surface area contributed by atoms with Crippen LogP contribution in [0.1, 0.15) is 19.4 Å². The van der Waals surface area contributed by atoms with Gasteiger partial charge in [0.1, 0.15) is 0 Å². The minimum atomic E-state index is -0.416. The van der Waals surface area contributed by atoms with Crippen molar-refractivity contribution < 1.29 is 14.4 Å². The second-order valence-corrected chi connectivity index (χ2v) is 3.56. The number of ether oxygens (including phenoxy) is 1. The van der Waals surface area contributed by atoms with Crippen molar-refractivity contribution in [3.8, 4) is 0 Å². The summed E-state index contributed by atoms with van der Waals surface area (Å²) < 4.78 is 4.70. The molecule has 0 saturated heterocycles. The van der Waals surface area contributed by atoms with Crippen LogP contribution >= 0.6 is 0 Å². The maximum atomic E-state index is 11.0. The van der Waals surface area contributed by atoms with Gasteiger partial charge in [-0.3, -0.25) is 0 Å². The van der Waals surface area contributed by atoms with E-state index in [0.29, 0.717) is 12.3 Å². The van der Waals surface area contributed by atoms with E-state index in [1.54, 1.807) is 13.8 Å². The Morgan fingerprint density at radius 3 is 2.72 bits per heavy atom. The fourth-order valence-electron chi connectivity index (χ4n) is 1.20. The van der Waals surface area contributed by atoms with E-state index in [1.807, 2.05) is 42.5 Å². The average Bonchev–Trinajstić information content (AvgIpc) is 2.38. The fourth-order valence-corrected chi connectivity index (χ4v) is 1.20. The maximum absolute atomic E-state index is 11.0. The number of carbonyl (C=O) groups is 1. The Kier molecular flexibility index (Phi) is 6.25. The summed E-state index contributed by atoms with van der Waals surface area (Å²) in [6.45, 7) is 3.72. The molecule has 0 heterocycles. The highest BCUT2D eigenvalue weighted by Crippen LogP contribution is 2.01. The molecule has 1 aromatic rings. The van der Waals surface area contributed by atoms with Crippen molar-refractivity contribution in [1.29, 1.82) is 0 Å². The van der Waals surface area contributed by atoms with Crippen LogP contribution in [-0.4, -0.2) is 24.9 Å². The normalized spacial score (nSPS) is 11.6. The van der Waals surface area contributed by atoms with Gasteiger partial charge in [0.2, 0.25) is 6.61 Å². The summed E-state index contributed by atoms with van der Waals surface area (Å²) in [7, 11) is 0. The molecule has 1 rings (SSSR count). The highest BCUT2D eigenvalue weighted by molar-refractivity contribution is 5.95. The van der Waals surface area contributed by atoms with Gasteiger partial charge in [-0.1, -0.05) is 41.6 Å². The zero-order valence-corrected chi connectivity index (χ0v) is 10.6. The molecule has 1 aromatic carbocycles. The molecule has 4 heteroatoms. The minimum absolute atomic E-state index is 0.162. The van der Waals surface area contributed by atoms with Crippen LogP contribution in [0.2, 0.25) is 0 Å². The Balaban J connectivity index is 2.38. The zero-order chi connectivity index (χ0) is 13.2. The van der Waals surface area contributed by atoms with Gasteiger partial charge in [0.05, 0.1) is 12.3 Å². The van der Waals surface area contributed by atoms with Crippen LogP contribution < -0.4 is 0 Å². The first-order valence-electron chi connectivity index (χ1n) is 5.77. The highest BCUT2D eigenvalue weighted by atomic mass is 16.7. The lowest BCUT2D eigenvalue weighted by Gasteiger charge is -2.00. The predicted molar refractivity (Wildman–Crippen MR) is 71.2 cm³/mol. The number of benzene rings is 1. The van der Waals surface area contributed by atoms with Crippen LogP contribution in [0.25, 0.3) is 6.08 Å². The van der Waals surface area contributed by atoms with E-state index in [0.717, 1.165) is 5.56 Å². The molecule has 0 spiro atoms. The van der Waals surface area contributed by atoms with Crippen molar-refractivity contribution in [3.63, 3.8) is 0 Å². The number of oxime groups is 1. The Morgan fingerprint density at radius 1 is 1.33 bits per heavy atom. The molecule has 4 nitrogen and oxygen atoms in total. The molecule has 0 atom stereocenters. The van der Waals surface area contributed by atoms with Crippen LogP contribution in [0.15, 0.2) is 41.6 Å². The van der Waals surface area contributed by atoms with Crippen molar-refractivity contribution in [3.05, 3.63) is 42.0 Å². The first-order valence-corrected chi connectivity index (χ1v) is 5.77. The quantitative estimate of drug-likeness (QED) is 0.441. The summed E-state index contributed by atoms with van der Waals surface area (Å²) in [5.74, 6) is -0.416. The van der Waals surface area contributed by atoms with Gasteiger partial charge in [0.15, 0.2) is 0 Å². The Morgan fingerprint density at radius 2 is 2.06 bits per heavy atom. The first-order chi connectivity index (χ1) is 8.72. The number of hydrogen-bond acceptors (Lipinski definition) is 4. The molecule has 0 aliphatic carbocycles. The largest absolute Gasteiger partial charge is 0.463 e. The number of esters is 1. The monoisotopic (exact) mass is 247 g/mol. The Labute approximate surface area is 107 Å². The molecule has 0 bridgehead atoms. The minimum Gasteiger partial charge on any atom is -0.463 e. The van der Waals surface area contributed by atoms with Gasteiger partial charge >= 0.3 is 5.97 Å². The van der Waals surface area contributed by atoms with Gasteiger partial charge < -0.3 is 9.57 Å². The predicted octanol–water partition coefficient (Wildman–Crippen LogP) is 2.66. The SMILES string of the molecule is CCOC(=O)CO/N=C(C)/C=C/c1ccccc1. The van der Waals surface area contributed by atoms with E-state index in [2.05, 4.69) is 5.16 Å². The van der Waals surface area contributed by atoms with Gasteiger partial charge in [-0.15, -0.1) is 0 Å². The molecular weight excluding hydrogens is 230 g/mol. The summed E-state index contributed by atoms with van der Waals surface area (Å²) in [5.41, 5.74) is 1.76. The van der Waals surface area contributed by atoms with Crippen molar-refractivity contribution >= 4 is 17.8 Å². The molecular formula is C14H17NO3. The lowest BCUT2D eigenvalue weighted by molar-refractivity contribution is -0.148. The molecule has 0 saturated carbocycles. The van der Waals surface area contributed by atoms with Crippen LogP contribution in [0.3, 0.4) is 0 Å². The van der Waals surface area contributed by atoms with Crippen molar-refractivity contribution in [1.82, 2.24) is 0 Å². The van der Waals surface area contributed by atoms with E-state index in [1.165, 1.54) is 0 Å². The van der Waals surface area contributed by atoms with Gasteiger partial charge in [0, 0.05) is 0 Å². The third-order valence-electron chi connectivity index (χ3n) is 2.01. The summed E-state index contributed by atoms with van der Waals surface area (Å²) >= 11 is 0. The molecule has 96 valence electrons. The van der Waals surface area contributed by atoms with Crippen molar-refractivity contribution in [2.75, 3.05) is 13.2 Å². The topological polar surface area (TPSA) is 47.9 Å². The lowest BCUT2D eigenvalue weighted by Crippen LogP contribution is -2.10. The lowest BCUT2D eigenvalue weighted by atomic mass is 10.2. The Bertz CT molecular complexity index is 424. The third kappa shape index (κ3) is 5.84. The summed E-state index contributed by atoms with van der Waals surface area (Å²) in [6, 6.07) is 9.86. The number of hydrogen-bond donors (Lipinski definition) is 0. The summed E-state index contributed by atoms with van der Waals surface area (Å²) in [4.78, 5) is 15.8. The molecule has 0 unspecified atom stereocenters. The fraction of sp³-hybridized carbons (Fsp3) is 0.286. The molecule has 0 aliphatic heterocycles. The third-order valence-corrected chi connectivity index (χ3v) is 2.01. The molecule has 0 N–H and O–H groups in total. The molecule has 0 aliphatic rings. The molecule has 0 fully saturated rings. The molecule has 0 aromatic heterocycles. The van der Waals surface area contributed by atoms with Gasteiger partial charge in [0.25, 0.3) is 0 Å². The van der Waals surface area contributed by atoms with E-state index in [9.17, 15) is 4.79 Å². The van der Waals surface area contributed by atoms with E-state index < -0.39 is 5.97 Å². The average molecular weight is 247 g/mol. The van der Waals surface area contributed by atoms with Gasteiger partial charge in [-0.25, -0.2) is 4.79 Å². The van der Waals surface area contributed by atoms with Crippen LogP contribution in [0.5, 0.6) is 0 Å². The van der Waals surface area contributed by atoms with E-state index in [-0.39, 0.29) is 6.61 Å². The highest BCUT2D eigenvalue weighted by Gasteiger charge is 2.00. The molecule has 0 amide bonds. The first kappa shape index (κ1) is 14.0. The summed E-state index contributed by atoms with van der Waals surface area (Å²) in [5, 5.41) is 3.79. The van der Waals surface area contributed by atoms with Crippen LogP contribution in [0, 0.1) is 0 Å². The van der Waals surface area contributed by atoms with Crippen molar-refractivity contribution in [2.24, 2.45) is 5.16 Å². The number of rotatable bonds is 6. The van der Waals surface area contributed by atoms with Crippen LogP contribution in [0.4, 0.5) is 0 Å². The van der Waals surface area contributed by atoms with Crippen LogP contribution in [-0.2, 0) is 14.4 Å². The summed E-state index contributed by atoms with van der Waals surface area (Å²) in [6.07, 6.45) is 3.74. The maximum Gasteiger partial charge on any atom is 0.347 e. The number of allylic oxidation sites excluding steroid dienone is 1. The smallest absolute Gasteiger partial charge is 0.347 e. The van der Waals surface area contributed by atoms with E-state index >= 15 is 0 Å². The number of carbonyl (C=O) groups excluding carboxylic acids is 1. The second-order valence-electron chi connectivity index (χ2n) is 3.56. The molecule has 18 heavy (non-hydrogen) atoms. The molecule has 0 radical (unpaired) electrons. The van der Waals surface area contributed by atoms with Gasteiger partial charge in [-0.05, 0) is 25.5 Å². The standard InChI is InChI=1S/C14H17NO3/c1-3-17-14(16)11-18-15-12(2)9-10-13-7-5-4-6-8-13/h4-10H,3,11H2,1-2H3/b10-9+,15-12+. The van der Waals surface area contributed by atoms with Crippen molar-refractivity contribution in [2.45, 2.75) is 13.8 Å². The van der Waals surface area contributed by atoms with E-state index in [4.69, 9.17) is 9.57 Å². The number of nitrogens with zero attached hydrogens (tertiary/aromatic N) is 1. The Hall–Kier alpha value is -2.10. The van der Waals surface area contributed by atoms with Gasteiger partial charge in [-0.2, -0.15) is 0 Å². The zero-order valence-electron chi connectivity index (χ0n) is 10.6. The second kappa shape index (κ2) is 8.06.